The smallest absolute Gasteiger partial charge is 0.260 e. The Balaban J connectivity index is 1.70. The van der Waals surface area contributed by atoms with E-state index in [9.17, 15) is 44.4 Å². The highest BCUT2D eigenvalue weighted by Crippen LogP contribution is 2.69. The van der Waals surface area contributed by atoms with Gasteiger partial charge in [-0.25, -0.2) is 15.2 Å². The van der Waals surface area contributed by atoms with Crippen molar-refractivity contribution >= 4 is 35.4 Å². The number of amides is 6. The van der Waals surface area contributed by atoms with Gasteiger partial charge in [0.15, 0.2) is 0 Å². The van der Waals surface area contributed by atoms with E-state index in [4.69, 9.17) is 0 Å². The highest BCUT2D eigenvalue weighted by molar-refractivity contribution is 6.01. The quantitative estimate of drug-likeness (QED) is 0.0435. The fourth-order valence-corrected chi connectivity index (χ4v) is 9.69. The SMILES string of the molecule is CCCCC(NC(=O)C(C)C(=O)N(O)C(CCCC)NC(=O)C(C)C(=O)N(O)C(CCCC)NC(=O)C12CC3CC(C)(CC(C)(C3)C1)C2)N(O)C(C)=O. The minimum atomic E-state index is -1.47. The molecule has 7 unspecified atom stereocenters. The van der Waals surface area contributed by atoms with Crippen molar-refractivity contribution in [1.29, 1.82) is 0 Å². The summed E-state index contributed by atoms with van der Waals surface area (Å²) < 4.78 is 0. The van der Waals surface area contributed by atoms with Crippen LogP contribution < -0.4 is 16.0 Å². The predicted octanol–water partition coefficient (Wildman–Crippen LogP) is 4.83. The van der Waals surface area contributed by atoms with Crippen molar-refractivity contribution in [2.45, 2.75) is 170 Å². The zero-order chi connectivity index (χ0) is 39.9. The molecular formula is C38H66N6O9. The maximum atomic E-state index is 14.1. The van der Waals surface area contributed by atoms with Crippen LogP contribution in [-0.2, 0) is 28.8 Å². The third-order valence-electron chi connectivity index (χ3n) is 11.7. The Kier molecular flexibility index (Phi) is 15.3. The van der Waals surface area contributed by atoms with Gasteiger partial charge in [-0.15, -0.1) is 0 Å². The number of hydroxylamine groups is 6. The topological polar surface area (TPSA) is 209 Å². The van der Waals surface area contributed by atoms with Gasteiger partial charge >= 0.3 is 0 Å². The van der Waals surface area contributed by atoms with E-state index in [1.165, 1.54) is 13.8 Å². The van der Waals surface area contributed by atoms with Crippen molar-refractivity contribution in [1.82, 2.24) is 31.1 Å². The Labute approximate surface area is 314 Å². The molecule has 4 rings (SSSR count). The van der Waals surface area contributed by atoms with E-state index < -0.39 is 65.3 Å². The van der Waals surface area contributed by atoms with Gasteiger partial charge in [-0.2, -0.15) is 0 Å². The zero-order valence-corrected chi connectivity index (χ0v) is 33.2. The number of carbonyl (C=O) groups excluding carboxylic acids is 6. The summed E-state index contributed by atoms with van der Waals surface area (Å²) in [6.07, 6.45) is 6.54. The second-order valence-electron chi connectivity index (χ2n) is 17.0. The van der Waals surface area contributed by atoms with Gasteiger partial charge in [0.05, 0.1) is 5.41 Å². The average Bonchev–Trinajstić information content (AvgIpc) is 3.09. The number of hydrogen-bond donors (Lipinski definition) is 6. The third kappa shape index (κ3) is 10.7. The van der Waals surface area contributed by atoms with Crippen LogP contribution in [0.5, 0.6) is 0 Å². The summed E-state index contributed by atoms with van der Waals surface area (Å²) in [6.45, 7) is 13.9. The van der Waals surface area contributed by atoms with Crippen LogP contribution in [0.1, 0.15) is 152 Å². The average molecular weight is 751 g/mol. The molecule has 0 saturated heterocycles. The Morgan fingerprint density at radius 3 is 1.36 bits per heavy atom. The lowest BCUT2D eigenvalue weighted by molar-refractivity contribution is -0.192. The number of nitrogens with zero attached hydrogens (tertiary/aromatic N) is 3. The van der Waals surface area contributed by atoms with Crippen LogP contribution in [-0.4, -0.2) is 84.8 Å². The fourth-order valence-electron chi connectivity index (χ4n) is 9.69. The summed E-state index contributed by atoms with van der Waals surface area (Å²) in [4.78, 5) is 79.3. The van der Waals surface area contributed by atoms with Gasteiger partial charge in [0.1, 0.15) is 30.3 Å². The molecule has 4 aliphatic rings. The molecule has 15 nitrogen and oxygen atoms in total. The molecule has 4 bridgehead atoms. The van der Waals surface area contributed by atoms with Crippen LogP contribution in [0.4, 0.5) is 0 Å². The first kappa shape index (κ1) is 44.1. The van der Waals surface area contributed by atoms with E-state index in [1.807, 2.05) is 20.8 Å². The normalized spacial score (nSPS) is 27.1. The van der Waals surface area contributed by atoms with E-state index in [0.29, 0.717) is 41.7 Å². The summed E-state index contributed by atoms with van der Waals surface area (Å²) in [7, 11) is 0. The van der Waals surface area contributed by atoms with E-state index in [2.05, 4.69) is 29.8 Å². The molecule has 0 spiro atoms. The molecule has 6 N–H and O–H groups in total. The van der Waals surface area contributed by atoms with Crippen molar-refractivity contribution in [3.63, 3.8) is 0 Å². The van der Waals surface area contributed by atoms with Crippen molar-refractivity contribution < 1.29 is 44.4 Å². The molecule has 0 aromatic heterocycles. The second-order valence-corrected chi connectivity index (χ2v) is 17.0. The number of rotatable bonds is 20. The lowest BCUT2D eigenvalue weighted by Gasteiger charge is -2.64. The number of unbranched alkanes of at least 4 members (excludes halogenated alkanes) is 3. The van der Waals surface area contributed by atoms with E-state index >= 15 is 0 Å². The van der Waals surface area contributed by atoms with E-state index in [1.54, 1.807) is 0 Å². The van der Waals surface area contributed by atoms with Gasteiger partial charge in [0.2, 0.25) is 23.6 Å². The van der Waals surface area contributed by atoms with E-state index in [0.717, 1.165) is 58.3 Å². The molecular weight excluding hydrogens is 684 g/mol. The highest BCUT2D eigenvalue weighted by atomic mass is 16.5. The molecule has 0 aromatic carbocycles. The summed E-state index contributed by atoms with van der Waals surface area (Å²) >= 11 is 0. The molecule has 4 fully saturated rings. The first-order chi connectivity index (χ1) is 24.8. The van der Waals surface area contributed by atoms with Crippen LogP contribution in [0.25, 0.3) is 0 Å². The van der Waals surface area contributed by atoms with Gasteiger partial charge in [0.25, 0.3) is 11.8 Å². The van der Waals surface area contributed by atoms with Gasteiger partial charge in [-0.3, -0.25) is 44.4 Å². The molecule has 0 heterocycles. The summed E-state index contributed by atoms with van der Waals surface area (Å²) in [5, 5.41) is 41.5. The standard InChI is InChI=1S/C38H66N6O9/c1-9-12-15-28(42(51)26(6)45)39-31(46)24(4)33(48)43(52)29(16-13-10-2)40-32(47)25(5)34(49)44(53)30(17-14-11-3)41-35(50)38-20-27-18-36(7,22-38)21-37(8,19-27)23-38/h24-25,27-30,51-53H,9-23H2,1-8H3,(H,39,46)(H,40,47)(H,41,50). The van der Waals surface area contributed by atoms with Crippen LogP contribution in [0.15, 0.2) is 0 Å². The minimum absolute atomic E-state index is 0.0802. The summed E-state index contributed by atoms with van der Waals surface area (Å²) in [5.41, 5.74) is -0.410. The van der Waals surface area contributed by atoms with Gasteiger partial charge < -0.3 is 16.0 Å². The van der Waals surface area contributed by atoms with Crippen LogP contribution in [0.3, 0.4) is 0 Å². The molecule has 0 radical (unpaired) electrons. The lowest BCUT2D eigenvalue weighted by Crippen LogP contribution is -2.62. The predicted molar refractivity (Wildman–Crippen MR) is 194 cm³/mol. The Morgan fingerprint density at radius 1 is 0.623 bits per heavy atom. The zero-order valence-electron chi connectivity index (χ0n) is 33.2. The second kappa shape index (κ2) is 18.4. The molecule has 6 amide bonds. The van der Waals surface area contributed by atoms with E-state index in [-0.39, 0.29) is 41.1 Å². The summed E-state index contributed by atoms with van der Waals surface area (Å²) in [6, 6.07) is 0. The van der Waals surface area contributed by atoms with Crippen LogP contribution in [0.2, 0.25) is 0 Å². The third-order valence-corrected chi connectivity index (χ3v) is 11.7. The maximum Gasteiger partial charge on any atom is 0.260 e. The first-order valence-electron chi connectivity index (χ1n) is 19.7. The van der Waals surface area contributed by atoms with Crippen molar-refractivity contribution in [3.8, 4) is 0 Å². The maximum absolute atomic E-state index is 14.1. The van der Waals surface area contributed by atoms with Gasteiger partial charge in [-0.05, 0) is 108 Å². The molecule has 4 saturated carbocycles. The van der Waals surface area contributed by atoms with Crippen molar-refractivity contribution in [3.05, 3.63) is 0 Å². The Hall–Kier alpha value is -3.30. The monoisotopic (exact) mass is 750 g/mol. The van der Waals surface area contributed by atoms with Gasteiger partial charge in [-0.1, -0.05) is 53.9 Å². The molecule has 4 aliphatic carbocycles. The Morgan fingerprint density at radius 2 is 1.00 bits per heavy atom. The lowest BCUT2D eigenvalue weighted by atomic mass is 9.40. The van der Waals surface area contributed by atoms with Crippen LogP contribution in [0, 0.1) is 34.0 Å². The Bertz CT molecular complexity index is 1330. The van der Waals surface area contributed by atoms with Crippen molar-refractivity contribution in [2.75, 3.05) is 0 Å². The number of carbonyl (C=O) groups is 6. The van der Waals surface area contributed by atoms with Crippen molar-refractivity contribution in [2.24, 2.45) is 34.0 Å². The van der Waals surface area contributed by atoms with Crippen LogP contribution >= 0.6 is 0 Å². The molecule has 0 aliphatic heterocycles. The highest BCUT2D eigenvalue weighted by Gasteiger charge is 2.63. The summed E-state index contributed by atoms with van der Waals surface area (Å²) in [5.74, 6) is -7.08. The minimum Gasteiger partial charge on any atom is -0.333 e. The fraction of sp³-hybridized carbons (Fsp3) is 0.842. The molecule has 15 heteroatoms. The molecule has 302 valence electrons. The number of nitrogens with one attached hydrogen (secondary N) is 3. The molecule has 0 aromatic rings. The first-order valence-corrected chi connectivity index (χ1v) is 19.7. The largest absolute Gasteiger partial charge is 0.333 e. The molecule has 7 atom stereocenters. The van der Waals surface area contributed by atoms with Gasteiger partial charge in [0, 0.05) is 6.92 Å². The molecule has 53 heavy (non-hydrogen) atoms. The number of hydrogen-bond acceptors (Lipinski definition) is 9.